The molecule has 0 heterocycles. The highest BCUT2D eigenvalue weighted by molar-refractivity contribution is 6.40. The van der Waals surface area contributed by atoms with Crippen LogP contribution in [0.5, 0.6) is 0 Å². The van der Waals surface area contributed by atoms with Crippen molar-refractivity contribution < 1.29 is 32.7 Å². The highest BCUT2D eigenvalue weighted by Crippen LogP contribution is 2.41. The number of hydrogen-bond acceptors (Lipinski definition) is 3. The molecule has 1 aromatic carbocycles. The van der Waals surface area contributed by atoms with Crippen LogP contribution in [-0.2, 0) is 9.59 Å². The topological polar surface area (TPSA) is 74.7 Å². The van der Waals surface area contributed by atoms with Gasteiger partial charge in [-0.05, 0) is 112 Å². The minimum atomic E-state index is -4.78. The van der Waals surface area contributed by atoms with Crippen LogP contribution in [0.2, 0.25) is 10.0 Å². The Morgan fingerprint density at radius 3 is 2.11 bits per heavy atom. The van der Waals surface area contributed by atoms with Crippen molar-refractivity contribution in [3.63, 3.8) is 0 Å². The molecular weight excluding hydrogens is 650 g/mol. The van der Waals surface area contributed by atoms with E-state index in [1.54, 1.807) is 19.1 Å². The lowest BCUT2D eigenvalue weighted by atomic mass is 9.73. The van der Waals surface area contributed by atoms with Gasteiger partial charge in [-0.15, -0.1) is 0 Å². The molecule has 0 aliphatic heterocycles. The first-order valence-electron chi connectivity index (χ1n) is 16.9. The second kappa shape index (κ2) is 16.9. The molecule has 1 amide bonds. The fourth-order valence-electron chi connectivity index (χ4n) is 7.19. The molecule has 0 aromatic heterocycles. The third kappa shape index (κ3) is 11.1. The summed E-state index contributed by atoms with van der Waals surface area (Å²) in [7, 11) is 0. The van der Waals surface area contributed by atoms with Crippen LogP contribution in [0.3, 0.4) is 0 Å². The number of hydrogen-bond donors (Lipinski definition) is 1. The molecular formula is C37H50Cl2F3NO4. The second-order valence-corrected chi connectivity index (χ2v) is 15.3. The van der Waals surface area contributed by atoms with E-state index in [0.717, 1.165) is 50.2 Å². The number of benzene rings is 1. The Bertz CT molecular complexity index is 1300. The van der Waals surface area contributed by atoms with E-state index in [9.17, 15) is 32.7 Å². The van der Waals surface area contributed by atoms with Gasteiger partial charge in [-0.3, -0.25) is 14.4 Å². The van der Waals surface area contributed by atoms with Crippen LogP contribution >= 0.6 is 23.2 Å². The first kappa shape index (κ1) is 39.1. The average molecular weight is 701 g/mol. The zero-order chi connectivity index (χ0) is 35.1. The van der Waals surface area contributed by atoms with Crippen molar-refractivity contribution in [2.24, 2.45) is 29.1 Å². The fraction of sp³-hybridized carbons (Fsp3) is 0.649. The standard InChI is InChI=1S/C37H50Cl2F3NO4/c1-6-24(8-9-25-10-12-27(13-11-25)35(46)47)20-29(37(40,41)42)28(7-2)34(45)43(21-26-14-16-36(4,5)17-15-26)22-32(44)33-30(38)18-23(3)19-31(33)39/h7,18-19,24-27H,2,6,8-17,20-22H2,1,3-5H3,(H,46,47). The van der Waals surface area contributed by atoms with Crippen molar-refractivity contribution in [3.8, 4) is 0 Å². The number of amides is 1. The predicted molar refractivity (Wildman–Crippen MR) is 182 cm³/mol. The van der Waals surface area contributed by atoms with Crippen molar-refractivity contribution in [2.75, 3.05) is 13.1 Å². The van der Waals surface area contributed by atoms with E-state index in [2.05, 4.69) is 20.4 Å². The second-order valence-electron chi connectivity index (χ2n) is 14.5. The van der Waals surface area contributed by atoms with Crippen LogP contribution in [0.1, 0.15) is 114 Å². The number of carboxylic acid groups (broad SMARTS) is 1. The number of aliphatic carboxylic acids is 1. The van der Waals surface area contributed by atoms with E-state index >= 15 is 0 Å². The highest BCUT2D eigenvalue weighted by Gasteiger charge is 2.40. The van der Waals surface area contributed by atoms with Gasteiger partial charge in [0.15, 0.2) is 5.78 Å². The Balaban J connectivity index is 1.89. The Labute approximate surface area is 287 Å². The number of Topliss-reactive ketones (excluding diaryl/α,β-unsaturated/α-hetero) is 1. The van der Waals surface area contributed by atoms with Crippen molar-refractivity contribution in [3.05, 3.63) is 57.1 Å². The van der Waals surface area contributed by atoms with Gasteiger partial charge in [-0.2, -0.15) is 13.2 Å². The third-order valence-electron chi connectivity index (χ3n) is 10.4. The average Bonchev–Trinajstić information content (AvgIpc) is 2.98. The maximum Gasteiger partial charge on any atom is 0.413 e. The normalized spacial score (nSPS) is 21.5. The summed E-state index contributed by atoms with van der Waals surface area (Å²) in [5.41, 5.74) is -0.509. The maximum atomic E-state index is 14.8. The Hall–Kier alpha value is -2.32. The molecule has 3 rings (SSSR count). The summed E-state index contributed by atoms with van der Waals surface area (Å²) in [6, 6.07) is 3.19. The van der Waals surface area contributed by atoms with Crippen LogP contribution in [0, 0.1) is 36.0 Å². The van der Waals surface area contributed by atoms with Crippen molar-refractivity contribution in [1.29, 1.82) is 0 Å². The first-order valence-corrected chi connectivity index (χ1v) is 17.6. The lowest BCUT2D eigenvalue weighted by Crippen LogP contribution is -2.42. The van der Waals surface area contributed by atoms with Gasteiger partial charge < -0.3 is 10.0 Å². The number of carbonyl (C=O) groups is 3. The van der Waals surface area contributed by atoms with Gasteiger partial charge in [0.2, 0.25) is 0 Å². The molecule has 2 aliphatic carbocycles. The number of alkyl halides is 3. The van der Waals surface area contributed by atoms with Crippen LogP contribution in [0.4, 0.5) is 13.2 Å². The maximum absolute atomic E-state index is 14.8. The number of carbonyl (C=O) groups excluding carboxylic acids is 2. The number of nitrogens with zero attached hydrogens (tertiary/aromatic N) is 1. The van der Waals surface area contributed by atoms with Gasteiger partial charge in [0.25, 0.3) is 5.91 Å². The Morgan fingerprint density at radius 1 is 1.04 bits per heavy atom. The van der Waals surface area contributed by atoms with E-state index in [4.69, 9.17) is 23.2 Å². The summed E-state index contributed by atoms with van der Waals surface area (Å²) in [6.45, 7) is 11.3. The molecule has 1 aromatic rings. The Morgan fingerprint density at radius 2 is 1.62 bits per heavy atom. The minimum Gasteiger partial charge on any atom is -0.481 e. The lowest BCUT2D eigenvalue weighted by Gasteiger charge is -2.37. The van der Waals surface area contributed by atoms with Crippen LogP contribution in [0.15, 0.2) is 35.9 Å². The van der Waals surface area contributed by atoms with Crippen LogP contribution in [-0.4, -0.2) is 46.9 Å². The molecule has 47 heavy (non-hydrogen) atoms. The monoisotopic (exact) mass is 699 g/mol. The van der Waals surface area contributed by atoms with Gasteiger partial charge in [0.1, 0.15) is 0 Å². The molecule has 1 N–H and O–H groups in total. The molecule has 0 spiro atoms. The van der Waals surface area contributed by atoms with Crippen LogP contribution in [0.25, 0.3) is 0 Å². The summed E-state index contributed by atoms with van der Waals surface area (Å²) in [4.78, 5) is 40.3. The van der Waals surface area contributed by atoms with Crippen molar-refractivity contribution in [2.45, 2.75) is 111 Å². The van der Waals surface area contributed by atoms with E-state index in [1.807, 2.05) is 6.92 Å². The lowest BCUT2D eigenvalue weighted by molar-refractivity contribution is -0.143. The predicted octanol–water partition coefficient (Wildman–Crippen LogP) is 10.7. The van der Waals surface area contributed by atoms with Gasteiger partial charge in [0.05, 0.1) is 28.1 Å². The van der Waals surface area contributed by atoms with E-state index < -0.39 is 41.5 Å². The van der Waals surface area contributed by atoms with E-state index in [0.29, 0.717) is 32.1 Å². The summed E-state index contributed by atoms with van der Waals surface area (Å²) >= 11 is 12.8. The molecule has 5 nitrogen and oxygen atoms in total. The van der Waals surface area contributed by atoms with Gasteiger partial charge >= 0.3 is 12.1 Å². The number of rotatable bonds is 14. The molecule has 1 atom stereocenters. The SMILES string of the molecule is C=CC(C(=O)N(CC(=O)c1c(Cl)cc(C)cc1Cl)CC1CCC(C)(C)CC1)=C(CC(CC)CCC1CCC(C(=O)O)CC1)C(F)(F)F. The van der Waals surface area contributed by atoms with Crippen LogP contribution < -0.4 is 0 Å². The number of carboxylic acids is 1. The quantitative estimate of drug-likeness (QED) is 0.119. The molecule has 2 saturated carbocycles. The Kier molecular flexibility index (Phi) is 14.0. The largest absolute Gasteiger partial charge is 0.481 e. The zero-order valence-electron chi connectivity index (χ0n) is 28.2. The number of ketones is 1. The molecule has 2 aliphatic rings. The minimum absolute atomic E-state index is 0.0312. The molecule has 0 saturated heterocycles. The summed E-state index contributed by atoms with van der Waals surface area (Å²) in [5, 5.41) is 9.55. The molecule has 1 unspecified atom stereocenters. The summed E-state index contributed by atoms with van der Waals surface area (Å²) in [5.74, 6) is -2.55. The first-order chi connectivity index (χ1) is 21.9. The molecule has 262 valence electrons. The number of halogens is 5. The van der Waals surface area contributed by atoms with Gasteiger partial charge in [0, 0.05) is 17.7 Å². The third-order valence-corrected chi connectivity index (χ3v) is 11.0. The number of aryl methyl sites for hydroxylation is 1. The smallest absolute Gasteiger partial charge is 0.413 e. The van der Waals surface area contributed by atoms with Crippen molar-refractivity contribution >= 4 is 40.9 Å². The fourth-order valence-corrected chi connectivity index (χ4v) is 8.00. The van der Waals surface area contributed by atoms with E-state index in [1.165, 1.54) is 4.90 Å². The van der Waals surface area contributed by atoms with E-state index in [-0.39, 0.29) is 57.7 Å². The highest BCUT2D eigenvalue weighted by atomic mass is 35.5. The van der Waals surface area contributed by atoms with Gasteiger partial charge in [-0.25, -0.2) is 0 Å². The summed E-state index contributed by atoms with van der Waals surface area (Å²) < 4.78 is 44.3. The van der Waals surface area contributed by atoms with Crippen molar-refractivity contribution in [1.82, 2.24) is 4.90 Å². The molecule has 2 fully saturated rings. The number of allylic oxidation sites excluding steroid dienone is 1. The summed E-state index contributed by atoms with van der Waals surface area (Å²) in [6.07, 6.45) is 3.71. The molecule has 0 bridgehead atoms. The van der Waals surface area contributed by atoms with Gasteiger partial charge in [-0.1, -0.05) is 69.5 Å². The molecule has 0 radical (unpaired) electrons. The molecule has 10 heteroatoms. The zero-order valence-corrected chi connectivity index (χ0v) is 29.7.